The maximum absolute atomic E-state index is 11.1. The van der Waals surface area contributed by atoms with Gasteiger partial charge in [0.2, 0.25) is 23.5 Å². The average molecular weight is 1240 g/mol. The molecule has 0 amide bonds. The third-order valence-corrected chi connectivity index (χ3v) is 13.1. The van der Waals surface area contributed by atoms with E-state index in [0.29, 0.717) is 66.9 Å². The van der Waals surface area contributed by atoms with Crippen molar-refractivity contribution in [2.75, 3.05) is 13.1 Å². The Balaban J connectivity index is 0.00000312. The number of hydrogen-bond donors (Lipinski definition) is 6. The van der Waals surface area contributed by atoms with Crippen molar-refractivity contribution in [1.29, 1.82) is 10.5 Å². The molecule has 4 aromatic heterocycles. The van der Waals surface area contributed by atoms with Gasteiger partial charge in [-0.2, -0.15) is 74.5 Å². The Morgan fingerprint density at radius 2 is 1.04 bits per heavy atom. The summed E-state index contributed by atoms with van der Waals surface area (Å²) in [5, 5.41) is 63.4. The summed E-state index contributed by atoms with van der Waals surface area (Å²) in [5.41, 5.74) is 9.94. The maximum atomic E-state index is 11.1. The summed E-state index contributed by atoms with van der Waals surface area (Å²) >= 11 is 7.31. The predicted octanol–water partition coefficient (Wildman–Crippen LogP) is 7.79. The first-order chi connectivity index (χ1) is 34.8. The highest BCUT2D eigenvalue weighted by molar-refractivity contribution is 9.11. The lowest BCUT2D eigenvalue weighted by Gasteiger charge is -2.20. The molecule has 4 atom stereocenters. The van der Waals surface area contributed by atoms with Crippen LogP contribution in [0.15, 0.2) is 94.4 Å². The van der Waals surface area contributed by atoms with E-state index in [1.54, 1.807) is 24.5 Å². The fourth-order valence-electron chi connectivity index (χ4n) is 8.76. The van der Waals surface area contributed by atoms with E-state index in [4.69, 9.17) is 39.1 Å². The molecule has 76 heavy (non-hydrogen) atoms. The van der Waals surface area contributed by atoms with Crippen LogP contribution in [0.2, 0.25) is 0 Å². The number of carboxylic acids is 2. The number of carbonyl (C=O) groups is 2. The first-order valence-corrected chi connectivity index (χ1v) is 24.5. The van der Waals surface area contributed by atoms with Gasteiger partial charge >= 0.3 is 11.9 Å². The zero-order valence-corrected chi connectivity index (χ0v) is 47.7. The molecule has 8 rings (SSSR count). The molecule has 2 aliphatic rings. The van der Waals surface area contributed by atoms with Crippen molar-refractivity contribution in [3.8, 4) is 46.8 Å². The lowest BCUT2D eigenvalue weighted by molar-refractivity contribution is -0.140. The lowest BCUT2D eigenvalue weighted by atomic mass is 9.91. The van der Waals surface area contributed by atoms with E-state index in [2.05, 4.69) is 88.9 Å². The Bertz CT molecular complexity index is 2880. The molecule has 402 valence electrons. The van der Waals surface area contributed by atoms with Gasteiger partial charge in [0, 0.05) is 73.2 Å². The predicted molar refractivity (Wildman–Crippen MR) is 307 cm³/mol. The minimum atomic E-state index is -1.11. The van der Waals surface area contributed by atoms with Crippen LogP contribution >= 0.6 is 85.8 Å². The molecule has 6 N–H and O–H groups in total. The quantitative estimate of drug-likeness (QED) is 0.0357. The highest BCUT2D eigenvalue weighted by Gasteiger charge is 2.32. The molecular formula is C52H56Br2N8O10S4. The van der Waals surface area contributed by atoms with E-state index in [1.807, 2.05) is 24.3 Å². The Hall–Kier alpha value is -5.64. The van der Waals surface area contributed by atoms with Crippen LogP contribution in [0.5, 0.6) is 23.5 Å². The molecule has 0 unspecified atom stereocenters. The van der Waals surface area contributed by atoms with Crippen molar-refractivity contribution in [2.24, 2.45) is 0 Å². The number of carboxylic acid groups (broad SMARTS) is 2. The van der Waals surface area contributed by atoms with Crippen molar-refractivity contribution >= 4 is 97.8 Å². The Morgan fingerprint density at radius 1 is 0.632 bits per heavy atom. The smallest absolute Gasteiger partial charge is 0.306 e. The van der Waals surface area contributed by atoms with Crippen LogP contribution in [0.4, 0.5) is 0 Å². The molecule has 0 radical (unpaired) electrons. The first-order valence-electron chi connectivity index (χ1n) is 23.0. The Morgan fingerprint density at radius 3 is 1.42 bits per heavy atom. The number of aliphatic carboxylic acids is 2. The van der Waals surface area contributed by atoms with E-state index in [1.165, 1.54) is 23.5 Å². The van der Waals surface area contributed by atoms with Gasteiger partial charge in [0.25, 0.3) is 0 Å². The summed E-state index contributed by atoms with van der Waals surface area (Å²) in [7, 11) is 0. The molecular weight excluding hydrogens is 1180 g/mol. The summed E-state index contributed by atoms with van der Waals surface area (Å²) in [4.78, 5) is 40.1. The molecule has 0 saturated heterocycles. The van der Waals surface area contributed by atoms with Gasteiger partial charge in [-0.05, 0) is 115 Å². The minimum absolute atomic E-state index is 0. The van der Waals surface area contributed by atoms with Crippen LogP contribution in [0, 0.1) is 22.7 Å². The average Bonchev–Trinajstić information content (AvgIpc) is 3.98. The standard InChI is InChI=1S/C52H48Br2N8O10.4H2S/c53-43-13-33(23-59-25-35(63)15-47(65)66)49(69-27-31-11-29(17-55)19-57-21-31)61-51(43)71-45-9-7-39-37(3-1-5-41(39)45)38-4-2-6-42-40(38)8-10-46(42)72-52-44(54)14-34(24-60-26-36(64)16-48(67)68)50(62-52)70-28-32-12-30(18-56)20-58-22-32;;;;/h1-6,11-14,19-22,35-36,45-46,59-60,63-64H,7-10,15-16,23-28H2,(H,65,66)(H,67,68);4*1H2/t35-,36-,45-,46-;;;;/m0..../s1. The summed E-state index contributed by atoms with van der Waals surface area (Å²) in [6.45, 7) is 0.585. The van der Waals surface area contributed by atoms with E-state index in [9.17, 15) is 30.3 Å². The zero-order chi connectivity index (χ0) is 50.7. The van der Waals surface area contributed by atoms with Crippen molar-refractivity contribution in [3.05, 3.63) is 150 Å². The van der Waals surface area contributed by atoms with Crippen LogP contribution < -0.4 is 29.6 Å². The van der Waals surface area contributed by atoms with Gasteiger partial charge in [-0.25, -0.2) is 0 Å². The van der Waals surface area contributed by atoms with Gasteiger partial charge in [-0.15, -0.1) is 0 Å². The monoisotopic (exact) mass is 1240 g/mol. The number of hydrogen-bond acceptors (Lipinski definition) is 16. The highest BCUT2D eigenvalue weighted by Crippen LogP contribution is 2.46. The molecule has 4 heterocycles. The summed E-state index contributed by atoms with van der Waals surface area (Å²) in [6, 6.07) is 23.6. The molecule has 18 nitrogen and oxygen atoms in total. The SMILES string of the molecule is N#Cc1cncc(COc2nc(O[C@H]3CCc4c(-c5cccc6c5CC[C@@H]6Oc5nc(OCc6cncc(C#N)c6)c(CNC[C@@H](O)CC(=O)O)cc5Br)cccc43)c(Br)cc2CNC[C@@H](O)CC(=O)O)c1.S.S.S.S. The molecule has 0 fully saturated rings. The summed E-state index contributed by atoms with van der Waals surface area (Å²) in [5.74, 6) is -1.08. The zero-order valence-electron chi connectivity index (χ0n) is 40.6. The minimum Gasteiger partial charge on any atom is -0.481 e. The largest absolute Gasteiger partial charge is 0.481 e. The number of aliphatic hydroxyl groups excluding tert-OH is 2. The van der Waals surface area contributed by atoms with Crippen LogP contribution in [0.3, 0.4) is 0 Å². The molecule has 2 aromatic carbocycles. The number of aromatic nitrogens is 4. The third-order valence-electron chi connectivity index (χ3n) is 12.0. The molecule has 2 aliphatic carbocycles. The first kappa shape index (κ1) is 62.9. The number of ether oxygens (including phenoxy) is 4. The Labute approximate surface area is 483 Å². The molecule has 6 aromatic rings. The van der Waals surface area contributed by atoms with E-state index < -0.39 is 37.0 Å². The topological polar surface area (TPSA) is 275 Å². The lowest BCUT2D eigenvalue weighted by Crippen LogP contribution is -2.28. The maximum Gasteiger partial charge on any atom is 0.306 e. The van der Waals surface area contributed by atoms with E-state index >= 15 is 0 Å². The summed E-state index contributed by atoms with van der Waals surface area (Å²) in [6.07, 6.45) is 5.34. The fourth-order valence-corrected chi connectivity index (χ4v) is 9.68. The second-order valence-corrected chi connectivity index (χ2v) is 19.0. The second kappa shape index (κ2) is 29.8. The van der Waals surface area contributed by atoms with Crippen LogP contribution in [-0.2, 0) is 48.7 Å². The van der Waals surface area contributed by atoms with Gasteiger partial charge in [-0.3, -0.25) is 19.6 Å². The normalized spacial score (nSPS) is 14.6. The number of pyridine rings is 4. The van der Waals surface area contributed by atoms with Crippen molar-refractivity contribution in [3.63, 3.8) is 0 Å². The number of halogens is 2. The van der Waals surface area contributed by atoms with E-state index in [-0.39, 0.29) is 117 Å². The van der Waals surface area contributed by atoms with Crippen molar-refractivity contribution < 1.29 is 49.0 Å². The number of nitrogens with zero attached hydrogens (tertiary/aromatic N) is 6. The molecule has 0 bridgehead atoms. The second-order valence-electron chi connectivity index (χ2n) is 17.2. The molecule has 0 saturated carbocycles. The van der Waals surface area contributed by atoms with Gasteiger partial charge in [0.05, 0.1) is 45.1 Å². The van der Waals surface area contributed by atoms with Gasteiger partial charge in [-0.1, -0.05) is 36.4 Å². The number of benzene rings is 2. The number of aliphatic hydroxyl groups is 2. The van der Waals surface area contributed by atoms with Crippen molar-refractivity contribution in [1.82, 2.24) is 30.6 Å². The Kier molecular flexibility index (Phi) is 24.6. The number of rotatable bonds is 23. The molecule has 0 spiro atoms. The van der Waals surface area contributed by atoms with Crippen LogP contribution in [-0.4, -0.2) is 77.6 Å². The number of fused-ring (bicyclic) bond motifs is 2. The van der Waals surface area contributed by atoms with Crippen LogP contribution in [0.25, 0.3) is 11.1 Å². The fraction of sp³-hybridized carbons (Fsp3) is 0.308. The number of nitrogens with one attached hydrogen (secondary N) is 2. The molecule has 0 aliphatic heterocycles. The number of nitriles is 2. The molecule has 24 heteroatoms. The van der Waals surface area contributed by atoms with Gasteiger partial charge in [0.1, 0.15) is 37.6 Å². The van der Waals surface area contributed by atoms with E-state index in [0.717, 1.165) is 35.1 Å². The van der Waals surface area contributed by atoms with Gasteiger partial charge in [0.15, 0.2) is 0 Å². The highest BCUT2D eigenvalue weighted by atomic mass is 79.9. The van der Waals surface area contributed by atoms with Crippen molar-refractivity contribution in [2.45, 2.75) is 89.2 Å². The summed E-state index contributed by atoms with van der Waals surface area (Å²) < 4.78 is 26.9. The third kappa shape index (κ3) is 16.2. The van der Waals surface area contributed by atoms with Crippen LogP contribution in [0.1, 0.15) is 93.5 Å². The van der Waals surface area contributed by atoms with Gasteiger partial charge < -0.3 is 50.0 Å².